The number of nitrogens with zero attached hydrogens (tertiary/aromatic N) is 1. The first-order valence-corrected chi connectivity index (χ1v) is 10.3. The molecule has 2 amide bonds. The van der Waals surface area contributed by atoms with Crippen molar-refractivity contribution in [3.05, 3.63) is 0 Å². The molecular formula is C20H37N3O2. The molecule has 0 aliphatic carbocycles. The van der Waals surface area contributed by atoms with Crippen LogP contribution in [0.4, 0.5) is 0 Å². The predicted octanol–water partition coefficient (Wildman–Crippen LogP) is 2.56. The molecule has 0 aromatic carbocycles. The van der Waals surface area contributed by atoms with Gasteiger partial charge in [-0.3, -0.25) is 9.59 Å². The van der Waals surface area contributed by atoms with Gasteiger partial charge in [0.15, 0.2) is 0 Å². The average Bonchev–Trinajstić information content (AvgIpc) is 2.62. The van der Waals surface area contributed by atoms with Gasteiger partial charge in [0.2, 0.25) is 11.8 Å². The Morgan fingerprint density at radius 3 is 2.60 bits per heavy atom. The Morgan fingerprint density at radius 2 is 1.92 bits per heavy atom. The highest BCUT2D eigenvalue weighted by molar-refractivity contribution is 5.81. The van der Waals surface area contributed by atoms with E-state index in [0.717, 1.165) is 45.3 Å². The van der Waals surface area contributed by atoms with E-state index in [2.05, 4.69) is 31.4 Å². The number of unbranched alkanes of at least 4 members (excludes halogenated alkanes) is 1. The summed E-state index contributed by atoms with van der Waals surface area (Å²) in [6, 6.07) is 0.257. The second-order valence-corrected chi connectivity index (χ2v) is 8.08. The summed E-state index contributed by atoms with van der Waals surface area (Å²) in [6.45, 7) is 9.96. The first-order valence-electron chi connectivity index (χ1n) is 10.3. The lowest BCUT2D eigenvalue weighted by atomic mass is 9.83. The van der Waals surface area contributed by atoms with Crippen molar-refractivity contribution < 1.29 is 9.59 Å². The van der Waals surface area contributed by atoms with Crippen LogP contribution in [0.2, 0.25) is 0 Å². The molecule has 0 aromatic heterocycles. The van der Waals surface area contributed by atoms with E-state index in [0.29, 0.717) is 24.8 Å². The first kappa shape index (κ1) is 20.2. The lowest BCUT2D eigenvalue weighted by Gasteiger charge is -2.38. The van der Waals surface area contributed by atoms with Gasteiger partial charge in [0.1, 0.15) is 0 Å². The Morgan fingerprint density at radius 1 is 1.20 bits per heavy atom. The van der Waals surface area contributed by atoms with Crippen LogP contribution >= 0.6 is 0 Å². The zero-order valence-corrected chi connectivity index (χ0v) is 16.4. The molecule has 144 valence electrons. The quantitative estimate of drug-likeness (QED) is 0.693. The summed E-state index contributed by atoms with van der Waals surface area (Å²) in [7, 11) is 0. The summed E-state index contributed by atoms with van der Waals surface area (Å²) < 4.78 is 0. The van der Waals surface area contributed by atoms with Crippen molar-refractivity contribution >= 4 is 11.8 Å². The molecule has 2 aliphatic heterocycles. The second kappa shape index (κ2) is 10.1. The van der Waals surface area contributed by atoms with Gasteiger partial charge >= 0.3 is 0 Å². The van der Waals surface area contributed by atoms with E-state index in [9.17, 15) is 9.59 Å². The Hall–Kier alpha value is -1.10. The number of amides is 2. The second-order valence-electron chi connectivity index (χ2n) is 8.08. The molecule has 0 aromatic rings. The van der Waals surface area contributed by atoms with E-state index < -0.39 is 0 Å². The molecule has 2 N–H and O–H groups in total. The molecule has 5 heteroatoms. The molecule has 2 saturated heterocycles. The van der Waals surface area contributed by atoms with Gasteiger partial charge in [0, 0.05) is 25.6 Å². The van der Waals surface area contributed by atoms with Crippen molar-refractivity contribution in [1.82, 2.24) is 15.5 Å². The van der Waals surface area contributed by atoms with Crippen LogP contribution in [0.15, 0.2) is 0 Å². The lowest BCUT2D eigenvalue weighted by Crippen LogP contribution is -2.50. The van der Waals surface area contributed by atoms with Gasteiger partial charge in [-0.05, 0) is 64.0 Å². The summed E-state index contributed by atoms with van der Waals surface area (Å²) in [5.41, 5.74) is 0. The van der Waals surface area contributed by atoms with Crippen LogP contribution in [0, 0.1) is 17.8 Å². The van der Waals surface area contributed by atoms with Crippen molar-refractivity contribution in [2.24, 2.45) is 17.8 Å². The van der Waals surface area contributed by atoms with Gasteiger partial charge in [-0.1, -0.05) is 20.3 Å². The van der Waals surface area contributed by atoms with Gasteiger partial charge in [0.25, 0.3) is 0 Å². The minimum Gasteiger partial charge on any atom is -0.356 e. The molecule has 0 radical (unpaired) electrons. The summed E-state index contributed by atoms with van der Waals surface area (Å²) in [5.74, 6) is 1.42. The molecule has 2 aliphatic rings. The number of likely N-dealkylation sites (tertiary alicyclic amines) is 1. The standard InChI is InChI=1S/C20H37N3O2/c1-4-5-10-22-20(25)18-7-6-16(3)23(14-18)19(24)13-15(2)17-8-11-21-12-9-17/h15-18,21H,4-14H2,1-3H3,(H,22,25). The Kier molecular flexibility index (Phi) is 8.20. The van der Waals surface area contributed by atoms with Gasteiger partial charge < -0.3 is 15.5 Å². The van der Waals surface area contributed by atoms with E-state index in [4.69, 9.17) is 0 Å². The van der Waals surface area contributed by atoms with Gasteiger partial charge in [-0.15, -0.1) is 0 Å². The first-order chi connectivity index (χ1) is 12.0. The van der Waals surface area contributed by atoms with Crippen LogP contribution < -0.4 is 10.6 Å². The lowest BCUT2D eigenvalue weighted by molar-refractivity contribution is -0.139. The summed E-state index contributed by atoms with van der Waals surface area (Å²) >= 11 is 0. The highest BCUT2D eigenvalue weighted by Gasteiger charge is 2.33. The highest BCUT2D eigenvalue weighted by Crippen LogP contribution is 2.28. The van der Waals surface area contributed by atoms with E-state index in [-0.39, 0.29) is 23.8 Å². The van der Waals surface area contributed by atoms with Crippen LogP contribution in [-0.2, 0) is 9.59 Å². The molecule has 0 spiro atoms. The molecule has 2 heterocycles. The molecule has 0 saturated carbocycles. The number of rotatable bonds is 7. The smallest absolute Gasteiger partial charge is 0.224 e. The SMILES string of the molecule is CCCCNC(=O)C1CCC(C)N(C(=O)CC(C)C2CCNCC2)C1. The Balaban J connectivity index is 1.85. The van der Waals surface area contributed by atoms with Gasteiger partial charge in [-0.25, -0.2) is 0 Å². The normalized spacial score (nSPS) is 26.3. The van der Waals surface area contributed by atoms with E-state index in [1.165, 1.54) is 12.8 Å². The van der Waals surface area contributed by atoms with Crippen molar-refractivity contribution in [1.29, 1.82) is 0 Å². The topological polar surface area (TPSA) is 61.4 Å². The van der Waals surface area contributed by atoms with E-state index in [1.807, 2.05) is 4.90 Å². The number of hydrogen-bond acceptors (Lipinski definition) is 3. The summed E-state index contributed by atoms with van der Waals surface area (Å²) in [6.07, 6.45) is 6.90. The number of carbonyl (C=O) groups excluding carboxylic acids is 2. The predicted molar refractivity (Wildman–Crippen MR) is 101 cm³/mol. The summed E-state index contributed by atoms with van der Waals surface area (Å²) in [4.78, 5) is 27.2. The van der Waals surface area contributed by atoms with Crippen LogP contribution in [-0.4, -0.2) is 48.9 Å². The molecule has 5 nitrogen and oxygen atoms in total. The zero-order valence-electron chi connectivity index (χ0n) is 16.4. The number of carbonyl (C=O) groups is 2. The fourth-order valence-electron chi connectivity index (χ4n) is 4.17. The molecule has 3 atom stereocenters. The van der Waals surface area contributed by atoms with Crippen molar-refractivity contribution in [3.63, 3.8) is 0 Å². The number of nitrogens with one attached hydrogen (secondary N) is 2. The third kappa shape index (κ3) is 5.98. The Labute approximate surface area is 153 Å². The van der Waals surface area contributed by atoms with Crippen LogP contribution in [0.5, 0.6) is 0 Å². The maximum Gasteiger partial charge on any atom is 0.224 e. The third-order valence-electron chi connectivity index (χ3n) is 6.09. The zero-order chi connectivity index (χ0) is 18.2. The van der Waals surface area contributed by atoms with Crippen LogP contribution in [0.25, 0.3) is 0 Å². The Bertz CT molecular complexity index is 435. The molecule has 2 rings (SSSR count). The van der Waals surface area contributed by atoms with Gasteiger partial charge in [0.05, 0.1) is 5.92 Å². The number of piperidine rings is 2. The maximum atomic E-state index is 12.9. The minimum atomic E-state index is -0.0359. The highest BCUT2D eigenvalue weighted by atomic mass is 16.2. The number of hydrogen-bond donors (Lipinski definition) is 2. The molecule has 2 fully saturated rings. The van der Waals surface area contributed by atoms with Crippen LogP contribution in [0.1, 0.15) is 65.7 Å². The monoisotopic (exact) mass is 351 g/mol. The largest absolute Gasteiger partial charge is 0.356 e. The van der Waals surface area contributed by atoms with E-state index in [1.54, 1.807) is 0 Å². The minimum absolute atomic E-state index is 0.0359. The fourth-order valence-corrected chi connectivity index (χ4v) is 4.17. The average molecular weight is 352 g/mol. The molecule has 0 bridgehead atoms. The molecule has 3 unspecified atom stereocenters. The maximum absolute atomic E-state index is 12.9. The van der Waals surface area contributed by atoms with E-state index >= 15 is 0 Å². The van der Waals surface area contributed by atoms with Crippen molar-refractivity contribution in [2.75, 3.05) is 26.2 Å². The third-order valence-corrected chi connectivity index (χ3v) is 6.09. The molecule has 25 heavy (non-hydrogen) atoms. The van der Waals surface area contributed by atoms with Gasteiger partial charge in [-0.2, -0.15) is 0 Å². The summed E-state index contributed by atoms with van der Waals surface area (Å²) in [5, 5.41) is 6.43. The van der Waals surface area contributed by atoms with Crippen molar-refractivity contribution in [3.8, 4) is 0 Å². The van der Waals surface area contributed by atoms with Crippen molar-refractivity contribution in [2.45, 2.75) is 71.8 Å². The fraction of sp³-hybridized carbons (Fsp3) is 0.900. The van der Waals surface area contributed by atoms with Crippen LogP contribution in [0.3, 0.4) is 0 Å². The molecular weight excluding hydrogens is 314 g/mol.